The molecule has 0 fully saturated rings. The number of rotatable bonds is 7. The number of ether oxygens (including phenoxy) is 3. The summed E-state index contributed by atoms with van der Waals surface area (Å²) in [6.45, 7) is 5.86. The zero-order valence-electron chi connectivity index (χ0n) is 14.4. The Morgan fingerprint density at radius 3 is 2.30 bits per heavy atom. The molecular formula is C17H25NO5. The number of benzene rings is 1. The first kappa shape index (κ1) is 18.8. The Labute approximate surface area is 137 Å². The van der Waals surface area contributed by atoms with E-state index in [1.165, 1.54) is 14.2 Å². The van der Waals surface area contributed by atoms with E-state index in [1.807, 2.05) is 20.8 Å². The first-order chi connectivity index (χ1) is 10.8. The van der Waals surface area contributed by atoms with Crippen LogP contribution in [0.3, 0.4) is 0 Å². The van der Waals surface area contributed by atoms with Crippen molar-refractivity contribution in [2.45, 2.75) is 39.2 Å². The minimum Gasteiger partial charge on any atom is -0.493 e. The molecule has 1 rings (SSSR count). The van der Waals surface area contributed by atoms with E-state index in [2.05, 4.69) is 5.32 Å². The molecule has 1 N–H and O–H groups in total. The lowest BCUT2D eigenvalue weighted by Crippen LogP contribution is -2.27. The van der Waals surface area contributed by atoms with Crippen molar-refractivity contribution in [1.29, 1.82) is 0 Å². The van der Waals surface area contributed by atoms with Crippen LogP contribution in [-0.2, 0) is 9.53 Å². The molecular weight excluding hydrogens is 298 g/mol. The number of carbonyl (C=O) groups excluding carboxylic acids is 2. The van der Waals surface area contributed by atoms with Crippen LogP contribution >= 0.6 is 0 Å². The van der Waals surface area contributed by atoms with Crippen LogP contribution in [0.4, 0.5) is 0 Å². The van der Waals surface area contributed by atoms with Gasteiger partial charge in [-0.05, 0) is 45.4 Å². The van der Waals surface area contributed by atoms with Gasteiger partial charge in [-0.25, -0.2) is 0 Å². The van der Waals surface area contributed by atoms with Crippen LogP contribution in [0, 0.1) is 0 Å². The highest BCUT2D eigenvalue weighted by Gasteiger charge is 2.16. The van der Waals surface area contributed by atoms with Gasteiger partial charge in [0.05, 0.1) is 14.2 Å². The smallest absolute Gasteiger partial charge is 0.306 e. The maximum Gasteiger partial charge on any atom is 0.306 e. The molecule has 0 bridgehead atoms. The maximum absolute atomic E-state index is 12.1. The first-order valence-corrected chi connectivity index (χ1v) is 7.49. The summed E-state index contributed by atoms with van der Waals surface area (Å²) in [6.07, 6.45) is 0.789. The van der Waals surface area contributed by atoms with Crippen LogP contribution in [0.1, 0.15) is 44.0 Å². The van der Waals surface area contributed by atoms with E-state index in [-0.39, 0.29) is 18.3 Å². The van der Waals surface area contributed by atoms with E-state index in [9.17, 15) is 9.59 Å². The van der Waals surface area contributed by atoms with Gasteiger partial charge in [0.15, 0.2) is 11.5 Å². The van der Waals surface area contributed by atoms with Gasteiger partial charge < -0.3 is 19.5 Å². The molecule has 128 valence electrons. The van der Waals surface area contributed by atoms with Gasteiger partial charge in [-0.2, -0.15) is 0 Å². The third-order valence-corrected chi connectivity index (χ3v) is 2.91. The SMILES string of the molecule is COc1ccc(C(=O)NCCCC(=O)OC(C)(C)C)cc1OC. The average molecular weight is 323 g/mol. The molecule has 1 amide bonds. The number of hydrogen-bond acceptors (Lipinski definition) is 5. The predicted molar refractivity (Wildman–Crippen MR) is 87.0 cm³/mol. The summed E-state index contributed by atoms with van der Waals surface area (Å²) < 4.78 is 15.5. The standard InChI is InChI=1S/C17H25NO5/c1-17(2,3)23-15(19)7-6-10-18-16(20)12-8-9-13(21-4)14(11-12)22-5/h8-9,11H,6-7,10H2,1-5H3,(H,18,20). The second-order valence-corrected chi connectivity index (χ2v) is 6.02. The van der Waals surface area contributed by atoms with E-state index in [0.29, 0.717) is 30.0 Å². The molecule has 1 aromatic carbocycles. The quantitative estimate of drug-likeness (QED) is 0.616. The van der Waals surface area contributed by atoms with E-state index in [1.54, 1.807) is 18.2 Å². The lowest BCUT2D eigenvalue weighted by Gasteiger charge is -2.19. The van der Waals surface area contributed by atoms with E-state index in [4.69, 9.17) is 14.2 Å². The number of methoxy groups -OCH3 is 2. The molecule has 1 aromatic rings. The minimum absolute atomic E-state index is 0.227. The molecule has 0 radical (unpaired) electrons. The van der Waals surface area contributed by atoms with Crippen LogP contribution in [0.25, 0.3) is 0 Å². The number of carbonyl (C=O) groups is 2. The van der Waals surface area contributed by atoms with Crippen molar-refractivity contribution < 1.29 is 23.8 Å². The van der Waals surface area contributed by atoms with Crippen LogP contribution < -0.4 is 14.8 Å². The molecule has 6 nitrogen and oxygen atoms in total. The third kappa shape index (κ3) is 6.59. The van der Waals surface area contributed by atoms with Crippen LogP contribution in [0.5, 0.6) is 11.5 Å². The Bertz CT molecular complexity index is 548. The van der Waals surface area contributed by atoms with Crippen molar-refractivity contribution in [3.05, 3.63) is 23.8 Å². The van der Waals surface area contributed by atoms with E-state index >= 15 is 0 Å². The highest BCUT2D eigenvalue weighted by Crippen LogP contribution is 2.27. The first-order valence-electron chi connectivity index (χ1n) is 7.49. The molecule has 0 spiro atoms. The summed E-state index contributed by atoms with van der Waals surface area (Å²) in [4.78, 5) is 23.6. The van der Waals surface area contributed by atoms with E-state index in [0.717, 1.165) is 0 Å². The fourth-order valence-electron chi connectivity index (χ4n) is 1.91. The Balaban J connectivity index is 2.44. The number of hydrogen-bond donors (Lipinski definition) is 1. The van der Waals surface area contributed by atoms with Crippen molar-refractivity contribution in [2.24, 2.45) is 0 Å². The topological polar surface area (TPSA) is 73.9 Å². The van der Waals surface area contributed by atoms with Gasteiger partial charge in [0.1, 0.15) is 5.60 Å². The lowest BCUT2D eigenvalue weighted by molar-refractivity contribution is -0.154. The van der Waals surface area contributed by atoms with Gasteiger partial charge in [-0.1, -0.05) is 0 Å². The van der Waals surface area contributed by atoms with Crippen molar-refractivity contribution in [3.63, 3.8) is 0 Å². The van der Waals surface area contributed by atoms with Crippen LogP contribution in [0.2, 0.25) is 0 Å². The Morgan fingerprint density at radius 1 is 1.09 bits per heavy atom. The van der Waals surface area contributed by atoms with Crippen LogP contribution in [-0.4, -0.2) is 38.2 Å². The third-order valence-electron chi connectivity index (χ3n) is 2.91. The Morgan fingerprint density at radius 2 is 1.74 bits per heavy atom. The lowest BCUT2D eigenvalue weighted by atomic mass is 10.2. The largest absolute Gasteiger partial charge is 0.493 e. The fourth-order valence-corrected chi connectivity index (χ4v) is 1.91. The normalized spacial score (nSPS) is 10.8. The Kier molecular flexibility index (Phi) is 6.88. The molecule has 0 saturated heterocycles. The second kappa shape index (κ2) is 8.41. The summed E-state index contributed by atoms with van der Waals surface area (Å²) >= 11 is 0. The van der Waals surface area contributed by atoms with E-state index < -0.39 is 5.60 Å². The maximum atomic E-state index is 12.1. The number of nitrogens with one attached hydrogen (secondary N) is 1. The second-order valence-electron chi connectivity index (χ2n) is 6.02. The number of esters is 1. The van der Waals surface area contributed by atoms with Crippen molar-refractivity contribution in [1.82, 2.24) is 5.32 Å². The van der Waals surface area contributed by atoms with Gasteiger partial charge in [0.25, 0.3) is 5.91 Å². The van der Waals surface area contributed by atoms with Gasteiger partial charge in [-0.3, -0.25) is 9.59 Å². The summed E-state index contributed by atoms with van der Waals surface area (Å²) in [5.74, 6) is 0.566. The fraction of sp³-hybridized carbons (Fsp3) is 0.529. The predicted octanol–water partition coefficient (Wildman–Crippen LogP) is 2.56. The van der Waals surface area contributed by atoms with Crippen LogP contribution in [0.15, 0.2) is 18.2 Å². The monoisotopic (exact) mass is 323 g/mol. The molecule has 23 heavy (non-hydrogen) atoms. The molecule has 0 unspecified atom stereocenters. The molecule has 0 aliphatic carbocycles. The van der Waals surface area contributed by atoms with Gasteiger partial charge in [0, 0.05) is 18.5 Å². The molecule has 6 heteroatoms. The summed E-state index contributed by atoms with van der Waals surface area (Å²) in [6, 6.07) is 4.95. The zero-order valence-corrected chi connectivity index (χ0v) is 14.4. The molecule has 0 aromatic heterocycles. The highest BCUT2D eigenvalue weighted by atomic mass is 16.6. The Hall–Kier alpha value is -2.24. The van der Waals surface area contributed by atoms with Crippen molar-refractivity contribution in [3.8, 4) is 11.5 Å². The summed E-state index contributed by atoms with van der Waals surface area (Å²) in [5.41, 5.74) is -0.0140. The van der Waals surface area contributed by atoms with Crippen molar-refractivity contribution >= 4 is 11.9 Å². The zero-order chi connectivity index (χ0) is 17.5. The molecule has 0 heterocycles. The van der Waals surface area contributed by atoms with Gasteiger partial charge in [-0.15, -0.1) is 0 Å². The summed E-state index contributed by atoms with van der Waals surface area (Å²) in [7, 11) is 3.05. The van der Waals surface area contributed by atoms with Gasteiger partial charge >= 0.3 is 5.97 Å². The molecule has 0 atom stereocenters. The molecule has 0 saturated carbocycles. The summed E-state index contributed by atoms with van der Waals surface area (Å²) in [5, 5.41) is 2.76. The highest BCUT2D eigenvalue weighted by molar-refractivity contribution is 5.94. The minimum atomic E-state index is -0.486. The number of amides is 1. The van der Waals surface area contributed by atoms with Gasteiger partial charge in [0.2, 0.25) is 0 Å². The molecule has 0 aliphatic rings. The van der Waals surface area contributed by atoms with Crippen molar-refractivity contribution in [2.75, 3.05) is 20.8 Å². The average Bonchev–Trinajstić information content (AvgIpc) is 2.48. The molecule has 0 aliphatic heterocycles.